The number of hydrogen-bond acceptors (Lipinski definition) is 5. The molecule has 26 heavy (non-hydrogen) atoms. The van der Waals surface area contributed by atoms with Crippen molar-refractivity contribution in [3.05, 3.63) is 58.1 Å². The molecule has 4 rings (SSSR count). The Labute approximate surface area is 162 Å². The van der Waals surface area contributed by atoms with Crippen LogP contribution in [0.5, 0.6) is 0 Å². The van der Waals surface area contributed by atoms with E-state index in [1.54, 1.807) is 42.5 Å². The summed E-state index contributed by atoms with van der Waals surface area (Å²) < 4.78 is 0. The van der Waals surface area contributed by atoms with Gasteiger partial charge in [-0.2, -0.15) is 0 Å². The largest absolute Gasteiger partial charge is 0.320 e. The Balaban J connectivity index is 1.71. The number of hydrogen-bond donors (Lipinski definition) is 1. The molecule has 1 saturated heterocycles. The van der Waals surface area contributed by atoms with Gasteiger partial charge in [-0.1, -0.05) is 35.0 Å². The van der Waals surface area contributed by atoms with Crippen LogP contribution in [0.15, 0.2) is 52.7 Å². The van der Waals surface area contributed by atoms with Gasteiger partial charge in [-0.3, -0.25) is 14.5 Å². The first-order valence-corrected chi connectivity index (χ1v) is 9.25. The van der Waals surface area contributed by atoms with Gasteiger partial charge < -0.3 is 5.32 Å². The van der Waals surface area contributed by atoms with E-state index >= 15 is 0 Å². The first-order chi connectivity index (χ1) is 12.5. The van der Waals surface area contributed by atoms with Crippen molar-refractivity contribution in [1.29, 1.82) is 0 Å². The van der Waals surface area contributed by atoms with Crippen LogP contribution in [0.25, 0.3) is 0 Å². The Morgan fingerprint density at radius 3 is 2.50 bits per heavy atom. The van der Waals surface area contributed by atoms with Crippen molar-refractivity contribution in [3.8, 4) is 0 Å². The fraction of sp³-hybridized carbons (Fsp3) is 0.0588. The van der Waals surface area contributed by atoms with Crippen molar-refractivity contribution in [2.75, 3.05) is 16.0 Å². The highest BCUT2D eigenvalue weighted by atomic mass is 35.5. The van der Waals surface area contributed by atoms with Gasteiger partial charge in [0.2, 0.25) is 5.91 Å². The molecular weight excluding hydrogens is 395 g/mol. The van der Waals surface area contributed by atoms with Gasteiger partial charge >= 0.3 is 0 Å². The number of anilines is 2. The second-order valence-electron chi connectivity index (χ2n) is 5.47. The number of nitrogens with zero attached hydrogens (tertiary/aromatic N) is 3. The second kappa shape index (κ2) is 6.75. The van der Waals surface area contributed by atoms with E-state index in [0.717, 1.165) is 0 Å². The molecule has 1 N–H and O–H groups in total. The maximum Gasteiger partial charge on any atom is 0.276 e. The molecule has 1 fully saturated rings. The third kappa shape index (κ3) is 3.09. The van der Waals surface area contributed by atoms with E-state index in [2.05, 4.69) is 15.5 Å². The maximum atomic E-state index is 12.2. The lowest BCUT2D eigenvalue weighted by Gasteiger charge is -2.15. The van der Waals surface area contributed by atoms with Crippen LogP contribution in [0.3, 0.4) is 0 Å². The molecule has 6 nitrogen and oxygen atoms in total. The summed E-state index contributed by atoms with van der Waals surface area (Å²) in [6.45, 7) is 0. The van der Waals surface area contributed by atoms with E-state index in [-0.39, 0.29) is 23.3 Å². The predicted octanol–water partition coefficient (Wildman–Crippen LogP) is 3.79. The van der Waals surface area contributed by atoms with Gasteiger partial charge in [0.1, 0.15) is 0 Å². The van der Waals surface area contributed by atoms with E-state index < -0.39 is 0 Å². The summed E-state index contributed by atoms with van der Waals surface area (Å²) in [5.74, 6) is -0.226. The van der Waals surface area contributed by atoms with Gasteiger partial charge in [0.25, 0.3) is 5.91 Å². The lowest BCUT2D eigenvalue weighted by Crippen LogP contribution is -2.29. The summed E-state index contributed by atoms with van der Waals surface area (Å²) in [6, 6.07) is 11.9. The van der Waals surface area contributed by atoms with Crippen LogP contribution in [-0.4, -0.2) is 28.4 Å². The number of fused-ring (bicyclic) bond motifs is 1. The lowest BCUT2D eigenvalue weighted by molar-refractivity contribution is -0.115. The van der Waals surface area contributed by atoms with Crippen LogP contribution in [-0.2, 0) is 9.59 Å². The van der Waals surface area contributed by atoms with Crippen molar-refractivity contribution in [2.45, 2.75) is 0 Å². The number of rotatable bonds is 2. The van der Waals surface area contributed by atoms with Crippen molar-refractivity contribution < 1.29 is 9.59 Å². The number of amides is 2. The summed E-state index contributed by atoms with van der Waals surface area (Å²) in [7, 11) is 0. The molecule has 2 aliphatic heterocycles. The first-order valence-electron chi connectivity index (χ1n) is 7.51. The van der Waals surface area contributed by atoms with E-state index in [1.165, 1.54) is 16.7 Å². The summed E-state index contributed by atoms with van der Waals surface area (Å²) in [4.78, 5) is 25.8. The summed E-state index contributed by atoms with van der Waals surface area (Å²) >= 11 is 13.2. The third-order valence-corrected chi connectivity index (χ3v) is 5.19. The Bertz CT molecular complexity index is 989. The van der Waals surface area contributed by atoms with Crippen molar-refractivity contribution in [1.82, 2.24) is 0 Å². The zero-order valence-electron chi connectivity index (χ0n) is 13.1. The molecule has 2 aliphatic rings. The van der Waals surface area contributed by atoms with Crippen molar-refractivity contribution in [3.63, 3.8) is 0 Å². The van der Waals surface area contributed by atoms with E-state index in [1.807, 2.05) is 0 Å². The lowest BCUT2D eigenvalue weighted by atomic mass is 10.1. The fourth-order valence-electron chi connectivity index (χ4n) is 2.60. The molecule has 0 aliphatic carbocycles. The van der Waals surface area contributed by atoms with Gasteiger partial charge in [-0.25, -0.2) is 0 Å². The molecule has 2 amide bonds. The van der Waals surface area contributed by atoms with Gasteiger partial charge in [0.15, 0.2) is 10.9 Å². The van der Waals surface area contributed by atoms with Gasteiger partial charge in [-0.05, 0) is 42.5 Å². The average Bonchev–Trinajstić information content (AvgIpc) is 3.13. The molecule has 9 heteroatoms. The van der Waals surface area contributed by atoms with Gasteiger partial charge in [0.05, 0.1) is 17.1 Å². The number of thioether (sulfide) groups is 1. The summed E-state index contributed by atoms with van der Waals surface area (Å²) in [5, 5.41) is 12.4. The zero-order valence-corrected chi connectivity index (χ0v) is 15.4. The smallest absolute Gasteiger partial charge is 0.276 e. The Hall–Kier alpha value is -2.35. The summed E-state index contributed by atoms with van der Waals surface area (Å²) in [6.07, 6.45) is 0. The number of amidine groups is 1. The zero-order chi connectivity index (χ0) is 18.3. The molecule has 0 unspecified atom stereocenters. The fourth-order valence-corrected chi connectivity index (χ4v) is 3.71. The molecular formula is C17H10Cl2N4O2S. The van der Waals surface area contributed by atoms with Gasteiger partial charge in [-0.15, -0.1) is 10.2 Å². The molecule has 0 saturated carbocycles. The third-order valence-electron chi connectivity index (χ3n) is 3.79. The predicted molar refractivity (Wildman–Crippen MR) is 105 cm³/mol. The minimum atomic E-state index is -0.362. The average molecular weight is 405 g/mol. The number of halogens is 2. The van der Waals surface area contributed by atoms with Crippen LogP contribution in [0.2, 0.25) is 10.0 Å². The number of nitrogens with one attached hydrogen (secondary N) is 1. The highest BCUT2D eigenvalue weighted by Crippen LogP contribution is 2.29. The summed E-state index contributed by atoms with van der Waals surface area (Å²) in [5.41, 5.74) is 2.01. The highest BCUT2D eigenvalue weighted by molar-refractivity contribution is 8.15. The molecule has 2 heterocycles. The molecule has 0 atom stereocenters. The van der Waals surface area contributed by atoms with Crippen LogP contribution < -0.4 is 10.2 Å². The second-order valence-corrected chi connectivity index (χ2v) is 7.28. The van der Waals surface area contributed by atoms with Crippen molar-refractivity contribution >= 4 is 69.0 Å². The van der Waals surface area contributed by atoms with Gasteiger partial charge in [0, 0.05) is 15.6 Å². The van der Waals surface area contributed by atoms with Crippen molar-refractivity contribution in [2.24, 2.45) is 10.2 Å². The number of benzene rings is 2. The SMILES string of the molecule is O=C1Nc2ccc(Cl)cc2C1=NN=C1SCC(=O)N1c1ccc(Cl)cc1. The Morgan fingerprint density at radius 1 is 1.00 bits per heavy atom. The van der Waals surface area contributed by atoms with E-state index in [9.17, 15) is 9.59 Å². The molecule has 0 aromatic heterocycles. The minimum Gasteiger partial charge on any atom is -0.320 e. The molecule has 2 aromatic carbocycles. The quantitative estimate of drug-likeness (QED) is 0.773. The van der Waals surface area contributed by atoms with Crippen LogP contribution in [0.4, 0.5) is 11.4 Å². The monoisotopic (exact) mass is 404 g/mol. The first kappa shape index (κ1) is 17.1. The topological polar surface area (TPSA) is 74.1 Å². The molecule has 0 bridgehead atoms. The molecule has 2 aromatic rings. The van der Waals surface area contributed by atoms with Crippen LogP contribution >= 0.6 is 35.0 Å². The van der Waals surface area contributed by atoms with E-state index in [0.29, 0.717) is 32.2 Å². The number of carbonyl (C=O) groups excluding carboxylic acids is 2. The molecule has 130 valence electrons. The Kier molecular flexibility index (Phi) is 4.44. The van der Waals surface area contributed by atoms with Crippen LogP contribution in [0.1, 0.15) is 5.56 Å². The molecule has 0 radical (unpaired) electrons. The minimum absolute atomic E-state index is 0.115. The van der Waals surface area contributed by atoms with Crippen LogP contribution in [0, 0.1) is 0 Å². The standard InChI is InChI=1S/C17H10Cl2N4O2S/c18-9-1-4-11(5-2-9)23-14(24)8-26-17(23)22-21-15-12-7-10(19)3-6-13(12)20-16(15)25/h1-7H,8H2,(H,20,21,25). The normalized spacial score (nSPS) is 19.4. The highest BCUT2D eigenvalue weighted by Gasteiger charge is 2.31. The molecule has 0 spiro atoms. The van der Waals surface area contributed by atoms with E-state index in [4.69, 9.17) is 23.2 Å². The Morgan fingerprint density at radius 2 is 1.73 bits per heavy atom. The maximum absolute atomic E-state index is 12.2. The number of carbonyl (C=O) groups is 2.